The largest absolute Gasteiger partial charge is 0.493 e. The maximum atomic E-state index is 12.1. The standard InChI is InChI=1S/C14H16O4/c1-3-16-14(15)11-10-5-7-17-12(10)8(2)9-4-6-18-13(9)11/h3-7H2,1-2H3. The van der Waals surface area contributed by atoms with Crippen molar-refractivity contribution in [3.63, 3.8) is 0 Å². The Labute approximate surface area is 106 Å². The highest BCUT2D eigenvalue weighted by molar-refractivity contribution is 5.96. The minimum absolute atomic E-state index is 0.294. The third kappa shape index (κ3) is 1.48. The van der Waals surface area contributed by atoms with Gasteiger partial charge in [0, 0.05) is 24.0 Å². The molecule has 0 atom stereocenters. The molecule has 1 aromatic rings. The van der Waals surface area contributed by atoms with E-state index in [9.17, 15) is 4.79 Å². The van der Waals surface area contributed by atoms with Gasteiger partial charge in [0.05, 0.1) is 19.8 Å². The van der Waals surface area contributed by atoms with Crippen molar-refractivity contribution >= 4 is 5.97 Å². The second-order valence-corrected chi connectivity index (χ2v) is 4.53. The Morgan fingerprint density at radius 2 is 1.83 bits per heavy atom. The van der Waals surface area contributed by atoms with Gasteiger partial charge in [-0.3, -0.25) is 0 Å². The maximum Gasteiger partial charge on any atom is 0.342 e. The Balaban J connectivity index is 2.21. The summed E-state index contributed by atoms with van der Waals surface area (Å²) in [5.41, 5.74) is 3.75. The van der Waals surface area contributed by atoms with E-state index in [1.807, 2.05) is 13.8 Å². The Bertz CT molecular complexity index is 484. The third-order valence-electron chi connectivity index (χ3n) is 3.55. The molecule has 0 saturated carbocycles. The van der Waals surface area contributed by atoms with Gasteiger partial charge < -0.3 is 14.2 Å². The fourth-order valence-electron chi connectivity index (χ4n) is 2.76. The van der Waals surface area contributed by atoms with Crippen molar-refractivity contribution in [1.82, 2.24) is 0 Å². The number of hydrogen-bond acceptors (Lipinski definition) is 4. The fraction of sp³-hybridized carbons (Fsp3) is 0.500. The average molecular weight is 248 g/mol. The van der Waals surface area contributed by atoms with Crippen molar-refractivity contribution in [3.8, 4) is 11.5 Å². The summed E-state index contributed by atoms with van der Waals surface area (Å²) >= 11 is 0. The van der Waals surface area contributed by atoms with Crippen LogP contribution >= 0.6 is 0 Å². The first-order valence-corrected chi connectivity index (χ1v) is 6.35. The molecular weight excluding hydrogens is 232 g/mol. The summed E-state index contributed by atoms with van der Waals surface area (Å²) in [6.07, 6.45) is 1.59. The van der Waals surface area contributed by atoms with Crippen molar-refractivity contribution in [2.45, 2.75) is 26.7 Å². The van der Waals surface area contributed by atoms with E-state index in [1.165, 1.54) is 0 Å². The minimum Gasteiger partial charge on any atom is -0.493 e. The normalized spacial score (nSPS) is 15.7. The number of hydrogen-bond donors (Lipinski definition) is 0. The van der Waals surface area contributed by atoms with E-state index in [2.05, 4.69) is 0 Å². The Kier molecular flexibility index (Phi) is 2.65. The molecule has 0 N–H and O–H groups in total. The molecule has 96 valence electrons. The first-order valence-electron chi connectivity index (χ1n) is 6.35. The second-order valence-electron chi connectivity index (χ2n) is 4.53. The van der Waals surface area contributed by atoms with Crippen LogP contribution in [0.2, 0.25) is 0 Å². The van der Waals surface area contributed by atoms with Gasteiger partial charge in [-0.2, -0.15) is 0 Å². The van der Waals surface area contributed by atoms with Crippen LogP contribution in [0.3, 0.4) is 0 Å². The summed E-state index contributed by atoms with van der Waals surface area (Å²) in [7, 11) is 0. The summed E-state index contributed by atoms with van der Waals surface area (Å²) in [5.74, 6) is 1.29. The third-order valence-corrected chi connectivity index (χ3v) is 3.55. The molecule has 0 fully saturated rings. The Hall–Kier alpha value is -1.71. The Morgan fingerprint density at radius 3 is 2.56 bits per heavy atom. The highest BCUT2D eigenvalue weighted by Crippen LogP contribution is 2.44. The van der Waals surface area contributed by atoms with Crippen LogP contribution in [0.25, 0.3) is 0 Å². The molecule has 0 aliphatic carbocycles. The van der Waals surface area contributed by atoms with Crippen molar-refractivity contribution < 1.29 is 19.0 Å². The van der Waals surface area contributed by atoms with Crippen LogP contribution in [0.1, 0.15) is 34.0 Å². The lowest BCUT2D eigenvalue weighted by Gasteiger charge is -2.14. The van der Waals surface area contributed by atoms with Crippen LogP contribution in [0, 0.1) is 6.92 Å². The van der Waals surface area contributed by atoms with E-state index in [-0.39, 0.29) is 5.97 Å². The molecule has 3 rings (SSSR count). The molecule has 18 heavy (non-hydrogen) atoms. The number of rotatable bonds is 2. The lowest BCUT2D eigenvalue weighted by molar-refractivity contribution is 0.0521. The molecule has 1 aromatic carbocycles. The number of ether oxygens (including phenoxy) is 3. The fourth-order valence-corrected chi connectivity index (χ4v) is 2.76. The number of esters is 1. The highest BCUT2D eigenvalue weighted by Gasteiger charge is 2.33. The molecule has 4 nitrogen and oxygen atoms in total. The van der Waals surface area contributed by atoms with Crippen LogP contribution < -0.4 is 9.47 Å². The van der Waals surface area contributed by atoms with E-state index < -0.39 is 0 Å². The van der Waals surface area contributed by atoms with Crippen molar-refractivity contribution in [3.05, 3.63) is 22.3 Å². The zero-order chi connectivity index (χ0) is 12.7. The molecule has 2 heterocycles. The molecule has 0 saturated heterocycles. The van der Waals surface area contributed by atoms with E-state index >= 15 is 0 Å². The van der Waals surface area contributed by atoms with Gasteiger partial charge in [0.1, 0.15) is 17.1 Å². The van der Waals surface area contributed by atoms with E-state index in [1.54, 1.807) is 0 Å². The predicted molar refractivity (Wildman–Crippen MR) is 65.5 cm³/mol. The molecule has 2 aliphatic heterocycles. The number of fused-ring (bicyclic) bond motifs is 2. The van der Waals surface area contributed by atoms with Crippen LogP contribution in [0.5, 0.6) is 11.5 Å². The zero-order valence-corrected chi connectivity index (χ0v) is 10.7. The molecule has 0 bridgehead atoms. The molecule has 0 aromatic heterocycles. The lowest BCUT2D eigenvalue weighted by atomic mass is 9.95. The van der Waals surface area contributed by atoms with Gasteiger partial charge in [0.25, 0.3) is 0 Å². The van der Waals surface area contributed by atoms with Crippen molar-refractivity contribution in [2.24, 2.45) is 0 Å². The van der Waals surface area contributed by atoms with Gasteiger partial charge in [-0.05, 0) is 19.4 Å². The van der Waals surface area contributed by atoms with Gasteiger partial charge in [-0.15, -0.1) is 0 Å². The van der Waals surface area contributed by atoms with Crippen LogP contribution in [-0.4, -0.2) is 25.8 Å². The maximum absolute atomic E-state index is 12.1. The van der Waals surface area contributed by atoms with E-state index in [4.69, 9.17) is 14.2 Å². The highest BCUT2D eigenvalue weighted by atomic mass is 16.5. The van der Waals surface area contributed by atoms with Gasteiger partial charge in [-0.1, -0.05) is 0 Å². The van der Waals surface area contributed by atoms with Gasteiger partial charge in [-0.25, -0.2) is 4.79 Å². The van der Waals surface area contributed by atoms with Gasteiger partial charge in [0.2, 0.25) is 0 Å². The Morgan fingerprint density at radius 1 is 1.17 bits per heavy atom. The quantitative estimate of drug-likeness (QED) is 0.751. The molecule has 0 radical (unpaired) electrons. The number of benzene rings is 1. The first kappa shape index (κ1) is 11.4. The van der Waals surface area contributed by atoms with E-state index in [0.717, 1.165) is 41.0 Å². The summed E-state index contributed by atoms with van der Waals surface area (Å²) in [6.45, 7) is 5.48. The summed E-state index contributed by atoms with van der Waals surface area (Å²) < 4.78 is 16.5. The smallest absolute Gasteiger partial charge is 0.342 e. The average Bonchev–Trinajstić information content (AvgIpc) is 2.97. The zero-order valence-electron chi connectivity index (χ0n) is 10.7. The minimum atomic E-state index is -0.294. The molecule has 0 spiro atoms. The van der Waals surface area contributed by atoms with Gasteiger partial charge in [0.15, 0.2) is 0 Å². The molecule has 0 unspecified atom stereocenters. The summed E-state index contributed by atoms with van der Waals surface area (Å²) in [5, 5.41) is 0. The monoisotopic (exact) mass is 248 g/mol. The van der Waals surface area contributed by atoms with Crippen molar-refractivity contribution in [2.75, 3.05) is 19.8 Å². The topological polar surface area (TPSA) is 44.8 Å². The summed E-state index contributed by atoms with van der Waals surface area (Å²) in [6, 6.07) is 0. The van der Waals surface area contributed by atoms with Gasteiger partial charge >= 0.3 is 5.97 Å². The van der Waals surface area contributed by atoms with Crippen LogP contribution in [-0.2, 0) is 17.6 Å². The molecule has 0 amide bonds. The lowest BCUT2D eigenvalue weighted by Crippen LogP contribution is -2.10. The molecule has 4 heteroatoms. The van der Waals surface area contributed by atoms with E-state index in [0.29, 0.717) is 25.4 Å². The number of carbonyl (C=O) groups is 1. The molecule has 2 aliphatic rings. The van der Waals surface area contributed by atoms with Crippen molar-refractivity contribution in [1.29, 1.82) is 0 Å². The number of carbonyl (C=O) groups excluding carboxylic acids is 1. The first-order chi connectivity index (χ1) is 8.74. The predicted octanol–water partition coefficient (Wildman–Crippen LogP) is 2.04. The van der Waals surface area contributed by atoms with Crippen LogP contribution in [0.4, 0.5) is 0 Å². The SMILES string of the molecule is CCOC(=O)c1c2c(c(C)c3c1OCC3)OCC2. The summed E-state index contributed by atoms with van der Waals surface area (Å²) in [4.78, 5) is 12.1. The van der Waals surface area contributed by atoms with Crippen LogP contribution in [0.15, 0.2) is 0 Å². The second kappa shape index (κ2) is 4.19. The molecular formula is C14H16O4.